The second-order valence-electron chi connectivity index (χ2n) is 9.51. The van der Waals surface area contributed by atoms with E-state index in [0.717, 1.165) is 67.1 Å². The lowest BCUT2D eigenvalue weighted by Crippen LogP contribution is -2.37. The first-order valence-corrected chi connectivity index (χ1v) is 12.8. The number of hydrogen-bond acceptors (Lipinski definition) is 4. The fourth-order valence-electron chi connectivity index (χ4n) is 5.32. The molecule has 0 bridgehead atoms. The zero-order valence-electron chi connectivity index (χ0n) is 19.5. The molecule has 2 aromatic carbocycles. The number of rotatable bonds is 5. The first kappa shape index (κ1) is 22.9. The van der Waals surface area contributed by atoms with Gasteiger partial charge in [-0.2, -0.15) is 0 Å². The summed E-state index contributed by atoms with van der Waals surface area (Å²) in [7, 11) is 0. The number of amides is 1. The van der Waals surface area contributed by atoms with E-state index >= 15 is 0 Å². The van der Waals surface area contributed by atoms with Crippen molar-refractivity contribution in [3.8, 4) is 11.3 Å². The molecule has 0 spiro atoms. The number of halogens is 1. The number of aromatic nitrogens is 2. The molecule has 2 aliphatic rings. The molecule has 1 aliphatic carbocycles. The first-order valence-electron chi connectivity index (χ1n) is 12.4. The maximum absolute atomic E-state index is 13.4. The smallest absolute Gasteiger partial charge is 0.235 e. The van der Waals surface area contributed by atoms with Crippen molar-refractivity contribution in [2.45, 2.75) is 56.8 Å². The van der Waals surface area contributed by atoms with Crippen LogP contribution in [0, 0.1) is 0 Å². The van der Waals surface area contributed by atoms with Crippen LogP contribution in [0.1, 0.15) is 56.9 Å². The lowest BCUT2D eigenvalue weighted by atomic mass is 9.78. The zero-order chi connectivity index (χ0) is 23.4. The van der Waals surface area contributed by atoms with Crippen LogP contribution in [0.15, 0.2) is 60.7 Å². The van der Waals surface area contributed by atoms with Crippen LogP contribution < -0.4 is 10.2 Å². The summed E-state index contributed by atoms with van der Waals surface area (Å²) in [6.45, 7) is 2.11. The second kappa shape index (κ2) is 10.1. The van der Waals surface area contributed by atoms with Crippen LogP contribution in [0.25, 0.3) is 11.3 Å². The highest BCUT2D eigenvalue weighted by Crippen LogP contribution is 2.42. The van der Waals surface area contributed by atoms with E-state index in [1.165, 1.54) is 25.7 Å². The number of benzene rings is 2. The predicted molar refractivity (Wildman–Crippen MR) is 138 cm³/mol. The Balaban J connectivity index is 1.28. The van der Waals surface area contributed by atoms with Crippen LogP contribution in [-0.2, 0) is 10.2 Å². The lowest BCUT2D eigenvalue weighted by molar-refractivity contribution is -0.121. The van der Waals surface area contributed by atoms with E-state index in [1.54, 1.807) is 0 Å². The van der Waals surface area contributed by atoms with Crippen molar-refractivity contribution in [3.05, 3.63) is 71.2 Å². The monoisotopic (exact) mass is 474 g/mol. The van der Waals surface area contributed by atoms with Crippen LogP contribution in [-0.4, -0.2) is 29.2 Å². The molecule has 6 heteroatoms. The van der Waals surface area contributed by atoms with E-state index in [-0.39, 0.29) is 5.91 Å². The molecule has 1 amide bonds. The summed E-state index contributed by atoms with van der Waals surface area (Å²) in [5.41, 5.74) is 3.18. The summed E-state index contributed by atoms with van der Waals surface area (Å²) >= 11 is 6.08. The molecule has 1 aliphatic heterocycles. The maximum Gasteiger partial charge on any atom is 0.235 e. The highest BCUT2D eigenvalue weighted by Gasteiger charge is 2.42. The number of nitrogens with one attached hydrogen (secondary N) is 1. The molecule has 1 saturated carbocycles. The largest absolute Gasteiger partial charge is 0.355 e. The van der Waals surface area contributed by atoms with Crippen LogP contribution in [0.2, 0.25) is 5.02 Å². The van der Waals surface area contributed by atoms with E-state index in [0.29, 0.717) is 5.02 Å². The highest BCUT2D eigenvalue weighted by molar-refractivity contribution is 6.30. The minimum Gasteiger partial charge on any atom is -0.355 e. The van der Waals surface area contributed by atoms with E-state index in [4.69, 9.17) is 11.6 Å². The summed E-state index contributed by atoms with van der Waals surface area (Å²) < 4.78 is 0. The molecular weight excluding hydrogens is 444 g/mol. The van der Waals surface area contributed by atoms with E-state index in [2.05, 4.69) is 26.5 Å². The van der Waals surface area contributed by atoms with Gasteiger partial charge in [0.1, 0.15) is 0 Å². The summed E-state index contributed by atoms with van der Waals surface area (Å²) in [4.78, 5) is 15.8. The fraction of sp³-hybridized carbons (Fsp3) is 0.393. The van der Waals surface area contributed by atoms with Crippen molar-refractivity contribution in [1.29, 1.82) is 0 Å². The fourth-order valence-corrected chi connectivity index (χ4v) is 5.44. The lowest BCUT2D eigenvalue weighted by Gasteiger charge is -2.28. The Labute approximate surface area is 206 Å². The topological polar surface area (TPSA) is 58.1 Å². The highest BCUT2D eigenvalue weighted by atomic mass is 35.5. The molecule has 2 heterocycles. The van der Waals surface area contributed by atoms with Gasteiger partial charge in [-0.05, 0) is 67.6 Å². The molecule has 5 rings (SSSR count). The molecule has 2 fully saturated rings. The van der Waals surface area contributed by atoms with Crippen molar-refractivity contribution >= 4 is 29.0 Å². The third kappa shape index (κ3) is 4.80. The molecule has 3 aromatic rings. The third-order valence-electron chi connectivity index (χ3n) is 7.31. The van der Waals surface area contributed by atoms with Crippen molar-refractivity contribution in [3.63, 3.8) is 0 Å². The quantitative estimate of drug-likeness (QED) is 0.451. The summed E-state index contributed by atoms with van der Waals surface area (Å²) in [5, 5.41) is 12.8. The normalized spacial score (nSPS) is 17.9. The number of nitrogens with zero attached hydrogens (tertiary/aromatic N) is 3. The van der Waals surface area contributed by atoms with Gasteiger partial charge in [-0.3, -0.25) is 4.79 Å². The van der Waals surface area contributed by atoms with Crippen molar-refractivity contribution in [1.82, 2.24) is 10.2 Å². The Kier molecular flexibility index (Phi) is 6.82. The molecule has 34 heavy (non-hydrogen) atoms. The molecule has 5 nitrogen and oxygen atoms in total. The first-order chi connectivity index (χ1) is 16.6. The number of hydrogen-bond donors (Lipinski definition) is 1. The average Bonchev–Trinajstić information content (AvgIpc) is 3.22. The van der Waals surface area contributed by atoms with Gasteiger partial charge < -0.3 is 10.2 Å². The van der Waals surface area contributed by atoms with E-state index in [9.17, 15) is 4.79 Å². The van der Waals surface area contributed by atoms with E-state index < -0.39 is 5.41 Å². The summed E-state index contributed by atoms with van der Waals surface area (Å²) in [6.07, 6.45) is 8.86. The SMILES string of the molecule is O=C(Nc1ccc(-c2ccc(N3CCCCCC3)nn2)cc1)C1(c2ccc(Cl)cc2)CCCC1. The van der Waals surface area contributed by atoms with Crippen molar-refractivity contribution < 1.29 is 4.79 Å². The Morgan fingerprint density at radius 2 is 1.47 bits per heavy atom. The number of carbonyl (C=O) groups is 1. The third-order valence-corrected chi connectivity index (χ3v) is 7.56. The number of anilines is 2. The van der Waals surface area contributed by atoms with Crippen LogP contribution in [0.4, 0.5) is 11.5 Å². The van der Waals surface area contributed by atoms with Crippen molar-refractivity contribution in [2.24, 2.45) is 0 Å². The van der Waals surface area contributed by atoms with Crippen LogP contribution in [0.5, 0.6) is 0 Å². The zero-order valence-corrected chi connectivity index (χ0v) is 20.2. The van der Waals surface area contributed by atoms with Gasteiger partial charge in [-0.1, -0.05) is 61.5 Å². The van der Waals surface area contributed by atoms with Crippen molar-refractivity contribution in [2.75, 3.05) is 23.3 Å². The minimum absolute atomic E-state index is 0.0571. The van der Waals surface area contributed by atoms with Gasteiger partial charge in [0.2, 0.25) is 5.91 Å². The maximum atomic E-state index is 13.4. The second-order valence-corrected chi connectivity index (χ2v) is 9.94. The van der Waals surface area contributed by atoms with Gasteiger partial charge in [0.25, 0.3) is 0 Å². The Morgan fingerprint density at radius 1 is 0.794 bits per heavy atom. The number of carbonyl (C=O) groups excluding carboxylic acids is 1. The molecule has 0 unspecified atom stereocenters. The van der Waals surface area contributed by atoms with Crippen LogP contribution in [0.3, 0.4) is 0 Å². The molecule has 176 valence electrons. The molecule has 0 atom stereocenters. The van der Waals surface area contributed by atoms with Gasteiger partial charge in [-0.25, -0.2) is 0 Å². The van der Waals surface area contributed by atoms with Gasteiger partial charge in [0.15, 0.2) is 5.82 Å². The standard InChI is InChI=1S/C28H31ClN4O/c29-23-11-9-22(10-12-23)28(17-3-4-18-28)27(34)30-24-13-7-21(8-14-24)25-15-16-26(32-31-25)33-19-5-1-2-6-20-33/h7-16H,1-6,17-20H2,(H,30,34). The average molecular weight is 475 g/mol. The molecule has 1 N–H and O–H groups in total. The summed E-state index contributed by atoms with van der Waals surface area (Å²) in [5.74, 6) is 1.01. The van der Waals surface area contributed by atoms with Gasteiger partial charge >= 0.3 is 0 Å². The molecular formula is C28H31ClN4O. The molecule has 1 aromatic heterocycles. The Morgan fingerprint density at radius 3 is 2.09 bits per heavy atom. The van der Waals surface area contributed by atoms with Gasteiger partial charge in [0.05, 0.1) is 11.1 Å². The Hall–Kier alpha value is -2.92. The predicted octanol–water partition coefficient (Wildman–Crippen LogP) is 6.63. The van der Waals surface area contributed by atoms with E-state index in [1.807, 2.05) is 54.6 Å². The minimum atomic E-state index is -0.488. The molecule has 0 radical (unpaired) electrons. The van der Waals surface area contributed by atoms with Gasteiger partial charge in [0, 0.05) is 29.4 Å². The summed E-state index contributed by atoms with van der Waals surface area (Å²) in [6, 6.07) is 19.7. The van der Waals surface area contributed by atoms with Gasteiger partial charge in [-0.15, -0.1) is 10.2 Å². The Bertz CT molecular complexity index is 1100. The molecule has 1 saturated heterocycles. The van der Waals surface area contributed by atoms with Crippen LogP contribution >= 0.6 is 11.6 Å².